The van der Waals surface area contributed by atoms with Crippen LogP contribution in [-0.4, -0.2) is 12.2 Å². The van der Waals surface area contributed by atoms with Crippen LogP contribution >= 0.6 is 15.9 Å². The third-order valence-electron chi connectivity index (χ3n) is 1.87. The van der Waals surface area contributed by atoms with Gasteiger partial charge in [0.2, 0.25) is 0 Å². The van der Waals surface area contributed by atoms with E-state index in [4.69, 9.17) is 11.2 Å². The summed E-state index contributed by atoms with van der Waals surface area (Å²) in [6.07, 6.45) is 4.78. The molecule has 0 aromatic heterocycles. The lowest BCUT2D eigenvalue weighted by molar-refractivity contribution is 0.183. The Kier molecular flexibility index (Phi) is 3.99. The summed E-state index contributed by atoms with van der Waals surface area (Å²) in [6.45, 7) is 0. The molecule has 2 nitrogen and oxygen atoms in total. The van der Waals surface area contributed by atoms with E-state index in [-0.39, 0.29) is 0 Å². The molecule has 1 unspecified atom stereocenters. The number of hydrogen-bond donors (Lipinski definition) is 1. The van der Waals surface area contributed by atoms with Gasteiger partial charge in [-0.1, -0.05) is 15.9 Å². The van der Waals surface area contributed by atoms with E-state index < -0.39 is 6.10 Å². The molecule has 0 aliphatic heterocycles. The van der Waals surface area contributed by atoms with Crippen LogP contribution in [0.15, 0.2) is 22.7 Å². The topological polar surface area (TPSA) is 29.5 Å². The molecule has 3 heteroatoms. The highest BCUT2D eigenvalue weighted by atomic mass is 79.9. The van der Waals surface area contributed by atoms with Gasteiger partial charge in [0.05, 0.1) is 13.2 Å². The fraction of sp³-hybridized carbons (Fsp3) is 0.273. The van der Waals surface area contributed by atoms with Gasteiger partial charge in [0.25, 0.3) is 0 Å². The van der Waals surface area contributed by atoms with Crippen molar-refractivity contribution in [1.29, 1.82) is 0 Å². The normalized spacial score (nSPS) is 11.9. The molecule has 1 atom stereocenters. The van der Waals surface area contributed by atoms with Gasteiger partial charge in [-0.25, -0.2) is 0 Å². The van der Waals surface area contributed by atoms with E-state index in [0.717, 1.165) is 10.0 Å². The number of aliphatic hydroxyl groups is 1. The number of benzene rings is 1. The van der Waals surface area contributed by atoms with Crippen molar-refractivity contribution >= 4 is 15.9 Å². The summed E-state index contributed by atoms with van der Waals surface area (Å²) in [5, 5.41) is 9.69. The fourth-order valence-electron chi connectivity index (χ4n) is 1.13. The van der Waals surface area contributed by atoms with Crippen molar-refractivity contribution in [2.75, 3.05) is 7.11 Å². The van der Waals surface area contributed by atoms with Gasteiger partial charge in [-0.2, -0.15) is 0 Å². The molecule has 1 aromatic carbocycles. The SMILES string of the molecule is C#CCC(O)c1cc(OC)ccc1Br. The van der Waals surface area contributed by atoms with E-state index in [1.807, 2.05) is 12.1 Å². The molecule has 0 spiro atoms. The van der Waals surface area contributed by atoms with Gasteiger partial charge < -0.3 is 9.84 Å². The molecule has 1 N–H and O–H groups in total. The molecule has 0 radical (unpaired) electrons. The largest absolute Gasteiger partial charge is 0.497 e. The number of rotatable bonds is 3. The lowest BCUT2D eigenvalue weighted by Crippen LogP contribution is -1.98. The van der Waals surface area contributed by atoms with Crippen molar-refractivity contribution in [2.24, 2.45) is 0 Å². The molecule has 0 heterocycles. The molecule has 0 aliphatic carbocycles. The smallest absolute Gasteiger partial charge is 0.119 e. The Balaban J connectivity index is 3.00. The Morgan fingerprint density at radius 3 is 2.93 bits per heavy atom. The van der Waals surface area contributed by atoms with Crippen LogP contribution in [0.5, 0.6) is 5.75 Å². The summed E-state index contributed by atoms with van der Waals surface area (Å²) < 4.78 is 5.89. The van der Waals surface area contributed by atoms with Gasteiger partial charge >= 0.3 is 0 Å². The zero-order valence-electron chi connectivity index (χ0n) is 7.83. The van der Waals surface area contributed by atoms with Crippen molar-refractivity contribution in [3.8, 4) is 18.1 Å². The Morgan fingerprint density at radius 1 is 1.64 bits per heavy atom. The van der Waals surface area contributed by atoms with Gasteiger partial charge in [-0.15, -0.1) is 12.3 Å². The van der Waals surface area contributed by atoms with Gasteiger partial charge in [0.15, 0.2) is 0 Å². The second-order valence-corrected chi connectivity index (χ2v) is 3.67. The first-order valence-corrected chi connectivity index (χ1v) is 4.93. The molecule has 1 rings (SSSR count). The Labute approximate surface area is 92.0 Å². The Hall–Kier alpha value is -0.980. The molecule has 0 amide bonds. The zero-order valence-corrected chi connectivity index (χ0v) is 9.41. The van der Waals surface area contributed by atoms with Crippen LogP contribution in [-0.2, 0) is 0 Å². The second-order valence-electron chi connectivity index (χ2n) is 2.81. The lowest BCUT2D eigenvalue weighted by Gasteiger charge is -2.11. The molecule has 14 heavy (non-hydrogen) atoms. The maximum absolute atomic E-state index is 9.69. The third kappa shape index (κ3) is 2.50. The van der Waals surface area contributed by atoms with Gasteiger partial charge in [0.1, 0.15) is 5.75 Å². The van der Waals surface area contributed by atoms with Crippen LogP contribution in [0.1, 0.15) is 18.1 Å². The summed E-state index contributed by atoms with van der Waals surface area (Å²) in [5.74, 6) is 3.13. The average molecular weight is 255 g/mol. The molecule has 0 fully saturated rings. The van der Waals surface area contributed by atoms with E-state index in [1.165, 1.54) is 0 Å². The van der Waals surface area contributed by atoms with E-state index in [2.05, 4.69) is 21.9 Å². The van der Waals surface area contributed by atoms with E-state index in [9.17, 15) is 5.11 Å². The standard InChI is InChI=1S/C11H11BrO2/c1-3-4-11(13)9-7-8(14-2)5-6-10(9)12/h1,5-7,11,13H,4H2,2H3. The second kappa shape index (κ2) is 5.04. The first kappa shape index (κ1) is 11.1. The van der Waals surface area contributed by atoms with E-state index in [1.54, 1.807) is 13.2 Å². The lowest BCUT2D eigenvalue weighted by atomic mass is 10.1. The minimum atomic E-state index is -0.649. The molecule has 74 valence electrons. The van der Waals surface area contributed by atoms with E-state index >= 15 is 0 Å². The van der Waals surface area contributed by atoms with Crippen LogP contribution in [0.4, 0.5) is 0 Å². The molecular weight excluding hydrogens is 244 g/mol. The van der Waals surface area contributed by atoms with Crippen molar-refractivity contribution in [3.05, 3.63) is 28.2 Å². The number of terminal acetylenes is 1. The van der Waals surface area contributed by atoms with Crippen molar-refractivity contribution < 1.29 is 9.84 Å². The number of hydrogen-bond acceptors (Lipinski definition) is 2. The maximum Gasteiger partial charge on any atom is 0.119 e. The highest BCUT2D eigenvalue weighted by molar-refractivity contribution is 9.10. The quantitative estimate of drug-likeness (QED) is 0.841. The Morgan fingerprint density at radius 2 is 2.36 bits per heavy atom. The van der Waals surface area contributed by atoms with Crippen LogP contribution in [0, 0.1) is 12.3 Å². The monoisotopic (exact) mass is 254 g/mol. The summed E-state index contributed by atoms with van der Waals surface area (Å²) in [4.78, 5) is 0. The highest BCUT2D eigenvalue weighted by Gasteiger charge is 2.10. The predicted octanol–water partition coefficient (Wildman–Crippen LogP) is 2.51. The summed E-state index contributed by atoms with van der Waals surface area (Å²) in [6, 6.07) is 5.41. The molecule has 0 saturated carbocycles. The van der Waals surface area contributed by atoms with Crippen LogP contribution in [0.3, 0.4) is 0 Å². The zero-order chi connectivity index (χ0) is 10.6. The van der Waals surface area contributed by atoms with Crippen LogP contribution in [0.25, 0.3) is 0 Å². The maximum atomic E-state index is 9.69. The summed E-state index contributed by atoms with van der Waals surface area (Å²) in [5.41, 5.74) is 0.752. The first-order valence-electron chi connectivity index (χ1n) is 4.14. The fourth-order valence-corrected chi connectivity index (χ4v) is 1.64. The number of ether oxygens (including phenoxy) is 1. The Bertz CT molecular complexity index is 355. The number of methoxy groups -OCH3 is 1. The number of aliphatic hydroxyl groups excluding tert-OH is 1. The molecule has 1 aromatic rings. The van der Waals surface area contributed by atoms with Crippen molar-refractivity contribution in [2.45, 2.75) is 12.5 Å². The average Bonchev–Trinajstić information content (AvgIpc) is 2.19. The molecule has 0 bridgehead atoms. The minimum absolute atomic E-state index is 0.297. The minimum Gasteiger partial charge on any atom is -0.497 e. The van der Waals surface area contributed by atoms with Crippen LogP contribution < -0.4 is 4.74 Å². The predicted molar refractivity (Wildman–Crippen MR) is 59.1 cm³/mol. The van der Waals surface area contributed by atoms with Gasteiger partial charge in [-0.05, 0) is 23.8 Å². The highest BCUT2D eigenvalue weighted by Crippen LogP contribution is 2.28. The summed E-state index contributed by atoms with van der Waals surface area (Å²) in [7, 11) is 1.58. The molecule has 0 saturated heterocycles. The van der Waals surface area contributed by atoms with Crippen molar-refractivity contribution in [3.63, 3.8) is 0 Å². The third-order valence-corrected chi connectivity index (χ3v) is 2.60. The molecular formula is C11H11BrO2. The van der Waals surface area contributed by atoms with Gasteiger partial charge in [0, 0.05) is 10.9 Å². The van der Waals surface area contributed by atoms with Crippen molar-refractivity contribution in [1.82, 2.24) is 0 Å². The van der Waals surface area contributed by atoms with Gasteiger partial charge in [-0.3, -0.25) is 0 Å². The number of halogens is 1. The van der Waals surface area contributed by atoms with E-state index in [0.29, 0.717) is 12.2 Å². The molecule has 0 aliphatic rings. The van der Waals surface area contributed by atoms with Crippen LogP contribution in [0.2, 0.25) is 0 Å². The first-order chi connectivity index (χ1) is 6.69. The summed E-state index contributed by atoms with van der Waals surface area (Å²) >= 11 is 3.35.